The summed E-state index contributed by atoms with van der Waals surface area (Å²) in [5.41, 5.74) is 2.31. The molecule has 0 bridgehead atoms. The number of nitrogens with zero attached hydrogens (tertiary/aromatic N) is 2. The van der Waals surface area contributed by atoms with Crippen molar-refractivity contribution in [2.75, 3.05) is 6.54 Å². The highest BCUT2D eigenvalue weighted by Crippen LogP contribution is 2.36. The second kappa shape index (κ2) is 5.85. The largest absolute Gasteiger partial charge is 0.338 e. The molecule has 0 radical (unpaired) electrons. The number of hydrogen-bond donors (Lipinski definition) is 2. The van der Waals surface area contributed by atoms with Gasteiger partial charge in [-0.25, -0.2) is 4.79 Å². The third kappa shape index (κ3) is 3.52. The SMILES string of the molecule is Cc1nn(C)cc1[C@H](C)NC(=O)NCC1(C)CCCC1. The van der Waals surface area contributed by atoms with Gasteiger partial charge < -0.3 is 10.6 Å². The molecule has 2 amide bonds. The molecule has 1 heterocycles. The fourth-order valence-corrected chi connectivity index (χ4v) is 3.07. The van der Waals surface area contributed by atoms with E-state index in [2.05, 4.69) is 22.7 Å². The van der Waals surface area contributed by atoms with Crippen LogP contribution in [0.25, 0.3) is 0 Å². The molecule has 1 saturated carbocycles. The summed E-state index contributed by atoms with van der Waals surface area (Å²) in [6.45, 7) is 6.97. The van der Waals surface area contributed by atoms with Crippen molar-refractivity contribution >= 4 is 6.03 Å². The average Bonchev–Trinajstić information content (AvgIpc) is 2.94. The number of aryl methyl sites for hydroxylation is 2. The van der Waals surface area contributed by atoms with Gasteiger partial charge in [-0.2, -0.15) is 5.10 Å². The molecule has 20 heavy (non-hydrogen) atoms. The van der Waals surface area contributed by atoms with Crippen LogP contribution in [0, 0.1) is 12.3 Å². The van der Waals surface area contributed by atoms with Crippen LogP contribution in [0.3, 0.4) is 0 Å². The highest BCUT2D eigenvalue weighted by atomic mass is 16.2. The van der Waals surface area contributed by atoms with Crippen LogP contribution in [0.4, 0.5) is 4.79 Å². The highest BCUT2D eigenvalue weighted by Gasteiger charge is 2.29. The maximum atomic E-state index is 12.0. The Hall–Kier alpha value is -1.52. The predicted molar refractivity (Wildman–Crippen MR) is 79.5 cm³/mol. The molecule has 1 aliphatic carbocycles. The average molecular weight is 278 g/mol. The summed E-state index contributed by atoms with van der Waals surface area (Å²) in [4.78, 5) is 12.0. The molecule has 0 saturated heterocycles. The monoisotopic (exact) mass is 278 g/mol. The van der Waals surface area contributed by atoms with Crippen molar-refractivity contribution in [3.8, 4) is 0 Å². The fraction of sp³-hybridized carbons (Fsp3) is 0.733. The minimum absolute atomic E-state index is 0.0277. The number of carbonyl (C=O) groups excluding carboxylic acids is 1. The lowest BCUT2D eigenvalue weighted by Gasteiger charge is -2.24. The van der Waals surface area contributed by atoms with Crippen molar-refractivity contribution in [1.29, 1.82) is 0 Å². The van der Waals surface area contributed by atoms with Crippen molar-refractivity contribution in [3.05, 3.63) is 17.5 Å². The van der Waals surface area contributed by atoms with Gasteiger partial charge in [-0.3, -0.25) is 4.68 Å². The number of hydrogen-bond acceptors (Lipinski definition) is 2. The predicted octanol–water partition coefficient (Wildman–Crippen LogP) is 2.67. The van der Waals surface area contributed by atoms with Gasteiger partial charge in [0.1, 0.15) is 0 Å². The molecule has 1 aromatic rings. The van der Waals surface area contributed by atoms with Crippen molar-refractivity contribution in [3.63, 3.8) is 0 Å². The van der Waals surface area contributed by atoms with Gasteiger partial charge in [0, 0.05) is 25.4 Å². The van der Waals surface area contributed by atoms with Crippen LogP contribution in [0.2, 0.25) is 0 Å². The summed E-state index contributed by atoms with van der Waals surface area (Å²) < 4.78 is 1.78. The Bertz CT molecular complexity index is 474. The molecular formula is C15H26N4O. The first-order valence-electron chi connectivity index (χ1n) is 7.44. The number of rotatable bonds is 4. The molecular weight excluding hydrogens is 252 g/mol. The molecule has 1 aromatic heterocycles. The Morgan fingerprint density at radius 3 is 2.70 bits per heavy atom. The smallest absolute Gasteiger partial charge is 0.315 e. The number of aromatic nitrogens is 2. The van der Waals surface area contributed by atoms with Gasteiger partial charge in [0.2, 0.25) is 0 Å². The standard InChI is InChI=1S/C15H26N4O/c1-11(13-9-19(4)18-12(13)2)17-14(20)16-10-15(3)7-5-6-8-15/h9,11H,5-8,10H2,1-4H3,(H2,16,17,20)/t11-/m0/s1. The lowest BCUT2D eigenvalue weighted by atomic mass is 9.89. The molecule has 1 fully saturated rings. The lowest BCUT2D eigenvalue weighted by molar-refractivity contribution is 0.229. The van der Waals surface area contributed by atoms with Crippen molar-refractivity contribution in [1.82, 2.24) is 20.4 Å². The van der Waals surface area contributed by atoms with Crippen LogP contribution in [0.1, 0.15) is 56.8 Å². The Kier molecular flexibility index (Phi) is 4.35. The number of nitrogens with one attached hydrogen (secondary N) is 2. The maximum Gasteiger partial charge on any atom is 0.315 e. The van der Waals surface area contributed by atoms with Gasteiger partial charge in [0.15, 0.2) is 0 Å². The molecule has 2 rings (SSSR count). The van der Waals surface area contributed by atoms with Gasteiger partial charge in [0.25, 0.3) is 0 Å². The zero-order valence-electron chi connectivity index (χ0n) is 13.0. The molecule has 5 heteroatoms. The van der Waals surface area contributed by atoms with Crippen LogP contribution in [0.5, 0.6) is 0 Å². The van der Waals surface area contributed by atoms with E-state index in [9.17, 15) is 4.79 Å². The van der Waals surface area contributed by atoms with Crippen LogP contribution < -0.4 is 10.6 Å². The maximum absolute atomic E-state index is 12.0. The molecule has 0 aromatic carbocycles. The van der Waals surface area contributed by atoms with Crippen LogP contribution in [-0.4, -0.2) is 22.4 Å². The van der Waals surface area contributed by atoms with Gasteiger partial charge in [0.05, 0.1) is 11.7 Å². The minimum atomic E-state index is -0.0890. The van der Waals surface area contributed by atoms with Gasteiger partial charge >= 0.3 is 6.03 Å². The van der Waals surface area contributed by atoms with Crippen LogP contribution in [0.15, 0.2) is 6.20 Å². The topological polar surface area (TPSA) is 59.0 Å². The first-order valence-corrected chi connectivity index (χ1v) is 7.44. The van der Waals surface area contributed by atoms with Gasteiger partial charge in [-0.15, -0.1) is 0 Å². The molecule has 2 N–H and O–H groups in total. The summed E-state index contributed by atoms with van der Waals surface area (Å²) in [5.74, 6) is 0. The lowest BCUT2D eigenvalue weighted by Crippen LogP contribution is -2.41. The summed E-state index contributed by atoms with van der Waals surface area (Å²) in [7, 11) is 1.89. The van der Waals surface area contributed by atoms with E-state index in [1.54, 1.807) is 4.68 Å². The quantitative estimate of drug-likeness (QED) is 0.889. The normalized spacial score (nSPS) is 18.8. The van der Waals surface area contributed by atoms with Crippen LogP contribution in [-0.2, 0) is 7.05 Å². The van der Waals surface area contributed by atoms with E-state index < -0.39 is 0 Å². The molecule has 0 spiro atoms. The molecule has 1 aliphatic rings. The summed E-state index contributed by atoms with van der Waals surface area (Å²) in [6.07, 6.45) is 6.95. The van der Waals surface area contributed by atoms with E-state index in [0.29, 0.717) is 0 Å². The van der Waals surface area contributed by atoms with E-state index in [-0.39, 0.29) is 17.5 Å². The molecule has 5 nitrogen and oxygen atoms in total. The summed E-state index contributed by atoms with van der Waals surface area (Å²) in [6, 6.07) is -0.117. The Morgan fingerprint density at radius 1 is 1.50 bits per heavy atom. The van der Waals surface area contributed by atoms with E-state index in [4.69, 9.17) is 0 Å². The van der Waals surface area contributed by atoms with E-state index in [1.807, 2.05) is 27.1 Å². The third-order valence-corrected chi connectivity index (χ3v) is 4.35. The second-order valence-electron chi connectivity index (χ2n) is 6.41. The second-order valence-corrected chi connectivity index (χ2v) is 6.41. The van der Waals surface area contributed by atoms with E-state index >= 15 is 0 Å². The molecule has 0 unspecified atom stereocenters. The van der Waals surface area contributed by atoms with E-state index in [0.717, 1.165) is 17.8 Å². The molecule has 0 aliphatic heterocycles. The van der Waals surface area contributed by atoms with Gasteiger partial charge in [-0.05, 0) is 32.1 Å². The molecule has 1 atom stereocenters. The number of urea groups is 1. The number of carbonyl (C=O) groups is 1. The van der Waals surface area contributed by atoms with Crippen molar-refractivity contribution in [2.45, 2.75) is 52.5 Å². The summed E-state index contributed by atoms with van der Waals surface area (Å²) >= 11 is 0. The van der Waals surface area contributed by atoms with E-state index in [1.165, 1.54) is 25.7 Å². The Morgan fingerprint density at radius 2 is 2.15 bits per heavy atom. The van der Waals surface area contributed by atoms with Crippen molar-refractivity contribution < 1.29 is 4.79 Å². The highest BCUT2D eigenvalue weighted by molar-refractivity contribution is 5.74. The Labute approximate surface area is 121 Å². The van der Waals surface area contributed by atoms with Gasteiger partial charge in [-0.1, -0.05) is 19.8 Å². The molecule has 112 valence electrons. The van der Waals surface area contributed by atoms with Crippen LogP contribution >= 0.6 is 0 Å². The third-order valence-electron chi connectivity index (χ3n) is 4.35. The summed E-state index contributed by atoms with van der Waals surface area (Å²) in [5, 5.41) is 10.3. The zero-order valence-corrected chi connectivity index (χ0v) is 13.0. The number of amides is 2. The Balaban J connectivity index is 1.83. The minimum Gasteiger partial charge on any atom is -0.338 e. The van der Waals surface area contributed by atoms with Crippen molar-refractivity contribution in [2.24, 2.45) is 12.5 Å². The first kappa shape index (κ1) is 14.9. The fourth-order valence-electron chi connectivity index (χ4n) is 3.07. The zero-order chi connectivity index (χ0) is 14.8. The first-order chi connectivity index (χ1) is 9.39.